The second-order valence-electron chi connectivity index (χ2n) is 4.71. The highest BCUT2D eigenvalue weighted by Gasteiger charge is 2.25. The number of aliphatic hydroxyl groups excluding tert-OH is 1. The van der Waals surface area contributed by atoms with E-state index in [0.29, 0.717) is 10.6 Å². The highest BCUT2D eigenvalue weighted by atomic mass is 35.5. The molecule has 0 amide bonds. The molecule has 0 aliphatic carbocycles. The second kappa shape index (κ2) is 7.89. The van der Waals surface area contributed by atoms with Crippen LogP contribution in [0, 0.1) is 0 Å². The van der Waals surface area contributed by atoms with Crippen LogP contribution in [0.25, 0.3) is 0 Å². The smallest absolute Gasteiger partial charge is 0.327 e. The minimum atomic E-state index is -0.770. The number of aliphatic hydroxyl groups is 1. The van der Waals surface area contributed by atoms with Gasteiger partial charge in [0.2, 0.25) is 0 Å². The van der Waals surface area contributed by atoms with Gasteiger partial charge in [-0.05, 0) is 11.6 Å². The van der Waals surface area contributed by atoms with Crippen LogP contribution in [0.4, 0.5) is 0 Å². The normalized spacial score (nSPS) is 13.4. The maximum atomic E-state index is 12.1. The fraction of sp³-hybridized carbons (Fsp3) is 0.250. The Balaban J connectivity index is 2.28. The molecule has 2 aromatic rings. The molecule has 1 aromatic carbocycles. The van der Waals surface area contributed by atoms with Crippen molar-refractivity contribution in [2.45, 2.75) is 12.1 Å². The minimum Gasteiger partial charge on any atom is -0.468 e. The number of benzene rings is 1. The van der Waals surface area contributed by atoms with Crippen LogP contribution in [-0.4, -0.2) is 29.8 Å². The van der Waals surface area contributed by atoms with E-state index in [9.17, 15) is 9.90 Å². The molecule has 0 aliphatic heterocycles. The third kappa shape index (κ3) is 4.04. The van der Waals surface area contributed by atoms with Crippen LogP contribution >= 0.6 is 11.6 Å². The summed E-state index contributed by atoms with van der Waals surface area (Å²) in [7, 11) is 1.31. The number of rotatable bonds is 6. The van der Waals surface area contributed by atoms with E-state index >= 15 is 0 Å². The molecule has 2 atom stereocenters. The predicted molar refractivity (Wildman–Crippen MR) is 83.4 cm³/mol. The molecule has 0 spiro atoms. The van der Waals surface area contributed by atoms with Gasteiger partial charge in [0.15, 0.2) is 0 Å². The van der Waals surface area contributed by atoms with Crippen molar-refractivity contribution in [1.82, 2.24) is 10.3 Å². The molecule has 0 aliphatic rings. The standard InChI is InChI=1S/C16H17ClN2O3/c1-22-16(21)15(12-7-13(17)9-18-8-12)19-14(10-20)11-5-3-2-4-6-11/h2-9,14-15,19-20H,10H2,1H3/t14-,15?/m1/s1. The third-order valence-electron chi connectivity index (χ3n) is 3.25. The number of hydrogen-bond acceptors (Lipinski definition) is 5. The lowest BCUT2D eigenvalue weighted by molar-refractivity contribution is -0.143. The lowest BCUT2D eigenvalue weighted by Crippen LogP contribution is -2.34. The fourth-order valence-corrected chi connectivity index (χ4v) is 2.33. The Kier molecular flexibility index (Phi) is 5.89. The van der Waals surface area contributed by atoms with Gasteiger partial charge in [-0.3, -0.25) is 10.3 Å². The molecule has 0 fully saturated rings. The van der Waals surface area contributed by atoms with Crippen LogP contribution in [0.2, 0.25) is 5.02 Å². The van der Waals surface area contributed by atoms with Crippen LogP contribution in [0.3, 0.4) is 0 Å². The van der Waals surface area contributed by atoms with Crippen molar-refractivity contribution in [2.75, 3.05) is 13.7 Å². The number of pyridine rings is 1. The Labute approximate surface area is 133 Å². The summed E-state index contributed by atoms with van der Waals surface area (Å²) in [6.07, 6.45) is 3.03. The van der Waals surface area contributed by atoms with Gasteiger partial charge in [0.05, 0.1) is 24.8 Å². The van der Waals surface area contributed by atoms with Gasteiger partial charge in [0.25, 0.3) is 0 Å². The van der Waals surface area contributed by atoms with Crippen molar-refractivity contribution in [3.8, 4) is 0 Å². The number of nitrogens with zero attached hydrogens (tertiary/aromatic N) is 1. The molecule has 22 heavy (non-hydrogen) atoms. The average molecular weight is 321 g/mol. The van der Waals surface area contributed by atoms with Crippen LogP contribution in [0.1, 0.15) is 23.2 Å². The van der Waals surface area contributed by atoms with E-state index in [1.54, 1.807) is 12.3 Å². The van der Waals surface area contributed by atoms with E-state index < -0.39 is 18.1 Å². The minimum absolute atomic E-state index is 0.161. The SMILES string of the molecule is COC(=O)C(N[C@H](CO)c1ccccc1)c1cncc(Cl)c1. The Morgan fingerprint density at radius 1 is 1.32 bits per heavy atom. The van der Waals surface area contributed by atoms with Crippen molar-refractivity contribution >= 4 is 17.6 Å². The van der Waals surface area contributed by atoms with Crippen molar-refractivity contribution in [1.29, 1.82) is 0 Å². The lowest BCUT2D eigenvalue weighted by atomic mass is 10.0. The summed E-state index contributed by atoms with van der Waals surface area (Å²) >= 11 is 5.93. The van der Waals surface area contributed by atoms with Crippen LogP contribution < -0.4 is 5.32 Å². The summed E-state index contributed by atoms with van der Waals surface area (Å²) in [5.74, 6) is -0.474. The first-order valence-corrected chi connectivity index (χ1v) is 7.13. The van der Waals surface area contributed by atoms with Crippen molar-refractivity contribution < 1.29 is 14.6 Å². The maximum absolute atomic E-state index is 12.1. The van der Waals surface area contributed by atoms with Gasteiger partial charge < -0.3 is 9.84 Å². The first kappa shape index (κ1) is 16.4. The van der Waals surface area contributed by atoms with Crippen molar-refractivity contribution in [2.24, 2.45) is 0 Å². The van der Waals surface area contributed by atoms with Crippen molar-refractivity contribution in [3.05, 3.63) is 64.9 Å². The molecule has 0 radical (unpaired) electrons. The summed E-state index contributed by atoms with van der Waals surface area (Å²) in [5, 5.41) is 13.1. The first-order chi connectivity index (χ1) is 10.7. The van der Waals surface area contributed by atoms with E-state index in [2.05, 4.69) is 10.3 Å². The van der Waals surface area contributed by atoms with E-state index in [-0.39, 0.29) is 6.61 Å². The number of hydrogen-bond donors (Lipinski definition) is 2. The Hall–Kier alpha value is -1.95. The summed E-state index contributed by atoms with van der Waals surface area (Å²) in [6.45, 7) is -0.161. The zero-order valence-corrected chi connectivity index (χ0v) is 12.8. The maximum Gasteiger partial charge on any atom is 0.327 e. The third-order valence-corrected chi connectivity index (χ3v) is 3.46. The van der Waals surface area contributed by atoms with Gasteiger partial charge in [0.1, 0.15) is 6.04 Å². The van der Waals surface area contributed by atoms with Crippen LogP contribution in [-0.2, 0) is 9.53 Å². The van der Waals surface area contributed by atoms with E-state index in [4.69, 9.17) is 16.3 Å². The molecule has 5 nitrogen and oxygen atoms in total. The van der Waals surface area contributed by atoms with Crippen molar-refractivity contribution in [3.63, 3.8) is 0 Å². The quantitative estimate of drug-likeness (QED) is 0.799. The number of halogens is 1. The number of aromatic nitrogens is 1. The number of carbonyl (C=O) groups is 1. The summed E-state index contributed by atoms with van der Waals surface area (Å²) < 4.78 is 4.83. The molecule has 2 N–H and O–H groups in total. The molecular formula is C16H17ClN2O3. The van der Waals surface area contributed by atoms with Gasteiger partial charge in [-0.15, -0.1) is 0 Å². The molecule has 1 aromatic heterocycles. The van der Waals surface area contributed by atoms with Gasteiger partial charge in [-0.25, -0.2) is 4.79 Å². The fourth-order valence-electron chi connectivity index (χ4n) is 2.15. The molecule has 1 heterocycles. The largest absolute Gasteiger partial charge is 0.468 e. The monoisotopic (exact) mass is 320 g/mol. The first-order valence-electron chi connectivity index (χ1n) is 6.76. The number of esters is 1. The summed E-state index contributed by atoms with van der Waals surface area (Å²) in [5.41, 5.74) is 1.45. The predicted octanol–water partition coefficient (Wildman–Crippen LogP) is 2.27. The Morgan fingerprint density at radius 3 is 2.64 bits per heavy atom. The second-order valence-corrected chi connectivity index (χ2v) is 5.14. The molecule has 2 rings (SSSR count). The highest BCUT2D eigenvalue weighted by molar-refractivity contribution is 6.30. The number of methoxy groups -OCH3 is 1. The molecular weight excluding hydrogens is 304 g/mol. The topological polar surface area (TPSA) is 71.5 Å². The van der Waals surface area contributed by atoms with Gasteiger partial charge in [-0.2, -0.15) is 0 Å². The molecule has 6 heteroatoms. The van der Waals surface area contributed by atoms with Gasteiger partial charge in [0, 0.05) is 18.0 Å². The molecule has 0 saturated carbocycles. The van der Waals surface area contributed by atoms with Crippen LogP contribution in [0.5, 0.6) is 0 Å². The Morgan fingerprint density at radius 2 is 2.05 bits per heavy atom. The van der Waals surface area contributed by atoms with E-state index in [1.807, 2.05) is 30.3 Å². The molecule has 116 valence electrons. The lowest BCUT2D eigenvalue weighted by Gasteiger charge is -2.23. The molecule has 0 bridgehead atoms. The van der Waals surface area contributed by atoms with Crippen LogP contribution in [0.15, 0.2) is 48.8 Å². The number of carbonyl (C=O) groups excluding carboxylic acids is 1. The number of nitrogens with one attached hydrogen (secondary N) is 1. The zero-order valence-electron chi connectivity index (χ0n) is 12.1. The van der Waals surface area contributed by atoms with Gasteiger partial charge >= 0.3 is 5.97 Å². The summed E-state index contributed by atoms with van der Waals surface area (Å²) in [4.78, 5) is 16.1. The average Bonchev–Trinajstić information content (AvgIpc) is 2.56. The summed E-state index contributed by atoms with van der Waals surface area (Å²) in [6, 6.07) is 9.83. The molecule has 0 saturated heterocycles. The highest BCUT2D eigenvalue weighted by Crippen LogP contribution is 2.22. The van der Waals surface area contributed by atoms with E-state index in [0.717, 1.165) is 5.56 Å². The Bertz CT molecular complexity index is 622. The zero-order chi connectivity index (χ0) is 15.9. The number of ether oxygens (including phenoxy) is 1. The molecule has 1 unspecified atom stereocenters. The van der Waals surface area contributed by atoms with Gasteiger partial charge in [-0.1, -0.05) is 41.9 Å². The van der Waals surface area contributed by atoms with E-state index in [1.165, 1.54) is 13.3 Å².